The van der Waals surface area contributed by atoms with Gasteiger partial charge in [-0.3, -0.25) is 0 Å². The lowest BCUT2D eigenvalue weighted by atomic mass is 10.3. The second-order valence-electron chi connectivity index (χ2n) is 2.91. The Bertz CT molecular complexity index is 420. The zero-order chi connectivity index (χ0) is 10.7. The van der Waals surface area contributed by atoms with E-state index >= 15 is 0 Å². The highest BCUT2D eigenvalue weighted by Crippen LogP contribution is 2.18. The summed E-state index contributed by atoms with van der Waals surface area (Å²) in [6, 6.07) is 10.2. The second-order valence-corrected chi connectivity index (χ2v) is 3.17. The van der Waals surface area contributed by atoms with Crippen molar-refractivity contribution in [3.63, 3.8) is 0 Å². The highest BCUT2D eigenvalue weighted by Gasteiger charge is 2.12. The van der Waals surface area contributed by atoms with Gasteiger partial charge >= 0.3 is 6.01 Å². The third-order valence-electron chi connectivity index (χ3n) is 2.02. The van der Waals surface area contributed by atoms with E-state index in [1.54, 1.807) is 11.7 Å². The van der Waals surface area contributed by atoms with E-state index in [-0.39, 0.29) is 0 Å². The summed E-state index contributed by atoms with van der Waals surface area (Å²) in [6.07, 6.45) is 0. The summed E-state index contributed by atoms with van der Waals surface area (Å²) in [5.41, 5.74) is 0.940. The smallest absolute Gasteiger partial charge is 0.321 e. The number of alkyl halides is 1. The molecule has 0 aliphatic rings. The molecule has 0 fully saturated rings. The van der Waals surface area contributed by atoms with Crippen LogP contribution in [0.5, 0.6) is 6.01 Å². The van der Waals surface area contributed by atoms with Crippen molar-refractivity contribution in [2.75, 3.05) is 7.11 Å². The molecule has 15 heavy (non-hydrogen) atoms. The number of hydrogen-bond acceptors (Lipinski definition) is 3. The zero-order valence-electron chi connectivity index (χ0n) is 8.22. The van der Waals surface area contributed by atoms with Gasteiger partial charge in [-0.2, -0.15) is 0 Å². The van der Waals surface area contributed by atoms with E-state index in [9.17, 15) is 0 Å². The summed E-state index contributed by atoms with van der Waals surface area (Å²) in [6.45, 7) is 0. The number of methoxy groups -OCH3 is 1. The molecule has 1 aromatic heterocycles. The molecule has 0 aliphatic heterocycles. The molecule has 0 aliphatic carbocycles. The van der Waals surface area contributed by atoms with Crippen molar-refractivity contribution < 1.29 is 4.74 Å². The first-order chi connectivity index (χ1) is 7.36. The highest BCUT2D eigenvalue weighted by atomic mass is 35.5. The Hall–Kier alpha value is -1.55. The summed E-state index contributed by atoms with van der Waals surface area (Å²) in [7, 11) is 1.56. The topological polar surface area (TPSA) is 39.9 Å². The first-order valence-corrected chi connectivity index (χ1v) is 5.00. The van der Waals surface area contributed by atoms with E-state index in [1.807, 2.05) is 30.3 Å². The molecular weight excluding hydrogens is 214 g/mol. The first kappa shape index (κ1) is 9.98. The minimum Gasteiger partial charge on any atom is -0.467 e. The Kier molecular flexibility index (Phi) is 2.87. The van der Waals surface area contributed by atoms with Gasteiger partial charge < -0.3 is 4.74 Å². The Balaban J connectivity index is 2.55. The lowest BCUT2D eigenvalue weighted by Crippen LogP contribution is -2.01. The third kappa shape index (κ3) is 1.80. The molecule has 0 spiro atoms. The van der Waals surface area contributed by atoms with Crippen LogP contribution in [0.25, 0.3) is 5.69 Å². The van der Waals surface area contributed by atoms with E-state index in [4.69, 9.17) is 16.3 Å². The van der Waals surface area contributed by atoms with Gasteiger partial charge in [0.2, 0.25) is 0 Å². The van der Waals surface area contributed by atoms with Crippen molar-refractivity contribution >= 4 is 11.6 Å². The Morgan fingerprint density at radius 3 is 2.60 bits per heavy atom. The number of ether oxygens (including phenoxy) is 1. The summed E-state index contributed by atoms with van der Waals surface area (Å²) < 4.78 is 6.90. The average molecular weight is 224 g/mol. The second kappa shape index (κ2) is 4.31. The summed E-state index contributed by atoms with van der Waals surface area (Å²) in [5.74, 6) is 0.963. The number of halogens is 1. The maximum absolute atomic E-state index is 5.77. The van der Waals surface area contributed by atoms with Gasteiger partial charge in [-0.15, -0.1) is 16.7 Å². The predicted molar refractivity (Wildman–Crippen MR) is 57.5 cm³/mol. The van der Waals surface area contributed by atoms with Crippen molar-refractivity contribution in [2.45, 2.75) is 5.88 Å². The minimum atomic E-state index is 0.297. The number of para-hydroxylation sites is 1. The van der Waals surface area contributed by atoms with E-state index < -0.39 is 0 Å². The van der Waals surface area contributed by atoms with Crippen LogP contribution in [0.3, 0.4) is 0 Å². The van der Waals surface area contributed by atoms with Gasteiger partial charge in [-0.25, -0.2) is 4.57 Å². The number of aromatic nitrogens is 3. The van der Waals surface area contributed by atoms with E-state index in [0.29, 0.717) is 17.7 Å². The lowest BCUT2D eigenvalue weighted by molar-refractivity contribution is 0.371. The fourth-order valence-electron chi connectivity index (χ4n) is 1.36. The molecule has 78 valence electrons. The molecule has 1 heterocycles. The van der Waals surface area contributed by atoms with Gasteiger partial charge in [0.15, 0.2) is 5.82 Å². The Morgan fingerprint density at radius 1 is 1.27 bits per heavy atom. The molecule has 0 atom stereocenters. The van der Waals surface area contributed by atoms with Crippen LogP contribution in [0.1, 0.15) is 5.82 Å². The quantitative estimate of drug-likeness (QED) is 0.748. The van der Waals surface area contributed by atoms with Crippen LogP contribution in [0.4, 0.5) is 0 Å². The molecule has 0 bridgehead atoms. The van der Waals surface area contributed by atoms with Crippen molar-refractivity contribution in [3.8, 4) is 11.7 Å². The van der Waals surface area contributed by atoms with Gasteiger partial charge in [-0.1, -0.05) is 23.3 Å². The van der Waals surface area contributed by atoms with Crippen molar-refractivity contribution in [1.82, 2.24) is 14.8 Å². The molecule has 1 aromatic carbocycles. The third-order valence-corrected chi connectivity index (χ3v) is 2.26. The van der Waals surface area contributed by atoms with Crippen molar-refractivity contribution in [2.24, 2.45) is 0 Å². The van der Waals surface area contributed by atoms with Gasteiger partial charge in [0.05, 0.1) is 18.7 Å². The maximum atomic E-state index is 5.77. The monoisotopic (exact) mass is 223 g/mol. The van der Waals surface area contributed by atoms with E-state index in [1.165, 1.54) is 0 Å². The van der Waals surface area contributed by atoms with Gasteiger partial charge in [-0.05, 0) is 12.1 Å². The highest BCUT2D eigenvalue weighted by molar-refractivity contribution is 6.16. The molecular formula is C10H10ClN3O. The van der Waals surface area contributed by atoms with Crippen LogP contribution in [0.15, 0.2) is 30.3 Å². The molecule has 0 radical (unpaired) electrons. The molecule has 0 amide bonds. The number of hydrogen-bond donors (Lipinski definition) is 0. The fraction of sp³-hybridized carbons (Fsp3) is 0.200. The number of nitrogens with zero attached hydrogens (tertiary/aromatic N) is 3. The van der Waals surface area contributed by atoms with E-state index in [2.05, 4.69) is 10.2 Å². The predicted octanol–water partition coefficient (Wildman–Crippen LogP) is 2.01. The summed E-state index contributed by atoms with van der Waals surface area (Å²) >= 11 is 5.77. The molecule has 2 aromatic rings. The fourth-order valence-corrected chi connectivity index (χ4v) is 1.53. The summed E-state index contributed by atoms with van der Waals surface area (Å²) in [5, 5.41) is 7.83. The van der Waals surface area contributed by atoms with Crippen molar-refractivity contribution in [3.05, 3.63) is 36.2 Å². The molecule has 4 nitrogen and oxygen atoms in total. The minimum absolute atomic E-state index is 0.297. The first-order valence-electron chi connectivity index (χ1n) is 4.46. The zero-order valence-corrected chi connectivity index (χ0v) is 8.98. The lowest BCUT2D eigenvalue weighted by Gasteiger charge is -2.06. The largest absolute Gasteiger partial charge is 0.467 e. The molecule has 0 saturated heterocycles. The Morgan fingerprint density at radius 2 is 2.00 bits per heavy atom. The van der Waals surface area contributed by atoms with E-state index in [0.717, 1.165) is 5.69 Å². The van der Waals surface area contributed by atoms with Crippen LogP contribution < -0.4 is 4.74 Å². The van der Waals surface area contributed by atoms with Crippen LogP contribution in [-0.4, -0.2) is 21.9 Å². The van der Waals surface area contributed by atoms with Crippen LogP contribution in [0.2, 0.25) is 0 Å². The summed E-state index contributed by atoms with van der Waals surface area (Å²) in [4.78, 5) is 0. The van der Waals surface area contributed by atoms with Gasteiger partial charge in [0.25, 0.3) is 0 Å². The molecule has 5 heteroatoms. The Labute approximate surface area is 92.5 Å². The maximum Gasteiger partial charge on any atom is 0.321 e. The van der Waals surface area contributed by atoms with Gasteiger partial charge in [0, 0.05) is 0 Å². The van der Waals surface area contributed by atoms with Crippen LogP contribution in [-0.2, 0) is 5.88 Å². The van der Waals surface area contributed by atoms with Crippen LogP contribution in [0, 0.1) is 0 Å². The normalized spacial score (nSPS) is 10.3. The SMILES string of the molecule is COc1nnc(CCl)n1-c1ccccc1. The standard InChI is InChI=1S/C10H10ClN3O/c1-15-10-13-12-9(7-11)14(10)8-5-3-2-4-6-8/h2-6H,7H2,1H3. The van der Waals surface area contributed by atoms with Crippen molar-refractivity contribution in [1.29, 1.82) is 0 Å². The van der Waals surface area contributed by atoms with Gasteiger partial charge in [0.1, 0.15) is 0 Å². The average Bonchev–Trinajstić information content (AvgIpc) is 2.72. The number of benzene rings is 1. The molecule has 0 saturated carbocycles. The van der Waals surface area contributed by atoms with Crippen LogP contribution >= 0.6 is 11.6 Å². The number of rotatable bonds is 3. The molecule has 0 N–H and O–H groups in total. The molecule has 0 unspecified atom stereocenters. The molecule has 2 rings (SSSR count).